The number of carboxylic acids is 1. The molecule has 0 aliphatic carbocycles. The molecule has 58 heavy (non-hydrogen) atoms. The molecule has 4 N–H and O–H groups in total. The van der Waals surface area contributed by atoms with Crippen molar-refractivity contribution >= 4 is 17.9 Å². The summed E-state index contributed by atoms with van der Waals surface area (Å²) in [6.07, 6.45) is 41.4. The van der Waals surface area contributed by atoms with Gasteiger partial charge < -0.3 is 39.4 Å². The smallest absolute Gasteiger partial charge is 0.335 e. The van der Waals surface area contributed by atoms with Crippen molar-refractivity contribution in [3.63, 3.8) is 0 Å². The fourth-order valence-electron chi connectivity index (χ4n) is 5.16. The van der Waals surface area contributed by atoms with Crippen molar-refractivity contribution in [1.82, 2.24) is 0 Å². The van der Waals surface area contributed by atoms with Crippen LogP contribution in [0.2, 0.25) is 0 Å². The lowest BCUT2D eigenvalue weighted by atomic mass is 9.99. The molecule has 0 aromatic rings. The minimum absolute atomic E-state index is 0.0697. The summed E-state index contributed by atoms with van der Waals surface area (Å²) in [6, 6.07) is 0. The van der Waals surface area contributed by atoms with E-state index in [4.69, 9.17) is 18.9 Å². The predicted octanol–water partition coefficient (Wildman–Crippen LogP) is 8.41. The third kappa shape index (κ3) is 27.3. The molecule has 1 aliphatic heterocycles. The van der Waals surface area contributed by atoms with Gasteiger partial charge >= 0.3 is 17.9 Å². The molecule has 1 aliphatic rings. The molecule has 6 unspecified atom stereocenters. The van der Waals surface area contributed by atoms with Crippen LogP contribution >= 0.6 is 0 Å². The van der Waals surface area contributed by atoms with E-state index < -0.39 is 61.3 Å². The Labute approximate surface area is 346 Å². The van der Waals surface area contributed by atoms with Crippen molar-refractivity contribution < 1.29 is 53.8 Å². The minimum Gasteiger partial charge on any atom is -0.479 e. The van der Waals surface area contributed by atoms with Crippen molar-refractivity contribution in [2.45, 2.75) is 141 Å². The molecule has 11 heteroatoms. The summed E-state index contributed by atoms with van der Waals surface area (Å²) < 4.78 is 21.5. The number of hydrogen-bond donors (Lipinski definition) is 4. The van der Waals surface area contributed by atoms with E-state index in [1.165, 1.54) is 0 Å². The second-order valence-electron chi connectivity index (χ2n) is 13.4. The maximum Gasteiger partial charge on any atom is 0.335 e. The molecule has 1 rings (SSSR count). The van der Waals surface area contributed by atoms with Crippen LogP contribution in [-0.4, -0.2) is 88.4 Å². The second-order valence-corrected chi connectivity index (χ2v) is 13.4. The van der Waals surface area contributed by atoms with Crippen LogP contribution in [0.5, 0.6) is 0 Å². The predicted molar refractivity (Wildman–Crippen MR) is 228 cm³/mol. The van der Waals surface area contributed by atoms with Gasteiger partial charge in [0.2, 0.25) is 0 Å². The van der Waals surface area contributed by atoms with E-state index in [1.54, 1.807) is 6.08 Å². The quantitative estimate of drug-likeness (QED) is 0.0301. The van der Waals surface area contributed by atoms with Gasteiger partial charge in [-0.3, -0.25) is 9.59 Å². The average molecular weight is 809 g/mol. The Morgan fingerprint density at radius 3 is 1.43 bits per heavy atom. The van der Waals surface area contributed by atoms with Gasteiger partial charge in [0.15, 0.2) is 18.5 Å². The van der Waals surface area contributed by atoms with E-state index in [1.807, 2.05) is 30.4 Å². The largest absolute Gasteiger partial charge is 0.479 e. The molecule has 1 fully saturated rings. The summed E-state index contributed by atoms with van der Waals surface area (Å²) in [5, 5.41) is 39.7. The molecule has 1 heterocycles. The first kappa shape index (κ1) is 51.6. The highest BCUT2D eigenvalue weighted by Crippen LogP contribution is 2.23. The molecule has 6 atom stereocenters. The number of aliphatic hydroxyl groups is 3. The molecular weight excluding hydrogens is 741 g/mol. The fraction of sp³-hybridized carbons (Fsp3) is 0.511. The van der Waals surface area contributed by atoms with Crippen molar-refractivity contribution in [3.8, 4) is 0 Å². The standard InChI is InChI=1S/C47H68O11/c1-3-5-7-9-11-13-15-17-19-20-22-23-25-27-29-31-33-35-40(48)55-37-39(38-56-47-44(52)42(50)43(51)45(58-47)46(53)54)57-41(49)36-34-32-30-28-26-24-21-18-16-14-12-10-8-6-4-2/h5-8,11-14,17-19,21-23,26-29,32,34,39,42-45,47,50-52H,3-4,9-10,15-16,20,24-25,30-31,33,35-38H2,1-2H3,(H,53,54)/b7-5-,8-6-,13-11-,14-12-,19-17-,21-18-,23-22-,28-26-,29-27-,34-32-. The third-order valence-electron chi connectivity index (χ3n) is 8.34. The number of aliphatic hydroxyl groups excluding tert-OH is 3. The summed E-state index contributed by atoms with van der Waals surface area (Å²) in [5.74, 6) is -2.70. The van der Waals surface area contributed by atoms with E-state index in [0.717, 1.165) is 57.8 Å². The van der Waals surface area contributed by atoms with E-state index >= 15 is 0 Å². The number of aliphatic carboxylic acids is 1. The summed E-state index contributed by atoms with van der Waals surface area (Å²) >= 11 is 0. The van der Waals surface area contributed by atoms with E-state index in [-0.39, 0.29) is 19.4 Å². The van der Waals surface area contributed by atoms with Gasteiger partial charge in [-0.2, -0.15) is 0 Å². The zero-order valence-corrected chi connectivity index (χ0v) is 34.5. The molecule has 0 amide bonds. The zero-order valence-electron chi connectivity index (χ0n) is 34.5. The minimum atomic E-state index is -1.89. The van der Waals surface area contributed by atoms with Crippen molar-refractivity contribution in [1.29, 1.82) is 0 Å². The lowest BCUT2D eigenvalue weighted by Crippen LogP contribution is -2.60. The summed E-state index contributed by atoms with van der Waals surface area (Å²) in [7, 11) is 0. The van der Waals surface area contributed by atoms with Gasteiger partial charge in [0.05, 0.1) is 13.0 Å². The topological polar surface area (TPSA) is 169 Å². The highest BCUT2D eigenvalue weighted by atomic mass is 16.7. The zero-order chi connectivity index (χ0) is 42.5. The van der Waals surface area contributed by atoms with Gasteiger partial charge in [-0.15, -0.1) is 0 Å². The van der Waals surface area contributed by atoms with Crippen LogP contribution in [-0.2, 0) is 33.3 Å². The van der Waals surface area contributed by atoms with Crippen molar-refractivity contribution in [2.75, 3.05) is 13.2 Å². The summed E-state index contributed by atoms with van der Waals surface area (Å²) in [4.78, 5) is 36.7. The van der Waals surface area contributed by atoms with Crippen molar-refractivity contribution in [2.24, 2.45) is 0 Å². The van der Waals surface area contributed by atoms with Gasteiger partial charge in [-0.25, -0.2) is 4.79 Å². The second kappa shape index (κ2) is 35.7. The molecule has 11 nitrogen and oxygen atoms in total. The highest BCUT2D eigenvalue weighted by Gasteiger charge is 2.47. The first-order chi connectivity index (χ1) is 28.2. The SMILES string of the molecule is CC/C=C\C/C=C\C/C=C\C/C=C\C/C=C\CCCC(=O)OCC(COC1OC(C(=O)O)C(O)C(O)C1O)OC(=O)C/C=C\C/C=C\C/C=C\C/C=C\C/C=C\CC. The molecule has 0 saturated carbocycles. The molecule has 0 radical (unpaired) electrons. The Kier molecular flexibility index (Phi) is 31.8. The number of allylic oxidation sites excluding steroid dienone is 19. The van der Waals surface area contributed by atoms with Crippen LogP contribution in [0.25, 0.3) is 0 Å². The van der Waals surface area contributed by atoms with Gasteiger partial charge in [0.1, 0.15) is 24.9 Å². The molecule has 1 saturated heterocycles. The van der Waals surface area contributed by atoms with Gasteiger partial charge in [0, 0.05) is 6.42 Å². The number of carbonyl (C=O) groups is 3. The normalized spacial score (nSPS) is 21.3. The average Bonchev–Trinajstić information content (AvgIpc) is 3.21. The van der Waals surface area contributed by atoms with Crippen LogP contribution in [0.4, 0.5) is 0 Å². The van der Waals surface area contributed by atoms with Gasteiger partial charge in [0.25, 0.3) is 0 Å². The van der Waals surface area contributed by atoms with Crippen LogP contribution in [0.15, 0.2) is 122 Å². The molecule has 0 spiro atoms. The Morgan fingerprint density at radius 1 is 0.552 bits per heavy atom. The van der Waals surface area contributed by atoms with Crippen LogP contribution < -0.4 is 0 Å². The maximum atomic E-state index is 12.7. The Bertz CT molecular complexity index is 1410. The van der Waals surface area contributed by atoms with E-state index in [0.29, 0.717) is 19.3 Å². The fourth-order valence-corrected chi connectivity index (χ4v) is 5.16. The maximum absolute atomic E-state index is 12.7. The molecule has 0 bridgehead atoms. The van der Waals surface area contributed by atoms with Crippen LogP contribution in [0, 0.1) is 0 Å². The van der Waals surface area contributed by atoms with Crippen LogP contribution in [0.1, 0.15) is 104 Å². The van der Waals surface area contributed by atoms with Gasteiger partial charge in [-0.05, 0) is 77.0 Å². The lowest BCUT2D eigenvalue weighted by Gasteiger charge is -2.38. The summed E-state index contributed by atoms with van der Waals surface area (Å²) in [6.45, 7) is 3.41. The third-order valence-corrected chi connectivity index (χ3v) is 8.34. The number of rotatable bonds is 31. The first-order valence-corrected chi connectivity index (χ1v) is 20.6. The number of hydrogen-bond acceptors (Lipinski definition) is 10. The molecular formula is C47H68O11. The lowest BCUT2D eigenvalue weighted by molar-refractivity contribution is -0.298. The monoisotopic (exact) mass is 808 g/mol. The number of esters is 2. The first-order valence-electron chi connectivity index (χ1n) is 20.6. The van der Waals surface area contributed by atoms with Crippen LogP contribution in [0.3, 0.4) is 0 Å². The number of carboxylic acid groups (broad SMARTS) is 1. The molecule has 322 valence electrons. The summed E-state index contributed by atoms with van der Waals surface area (Å²) in [5.41, 5.74) is 0. The number of carbonyl (C=O) groups excluding carboxylic acids is 2. The van der Waals surface area contributed by atoms with Crippen molar-refractivity contribution in [3.05, 3.63) is 122 Å². The van der Waals surface area contributed by atoms with Gasteiger partial charge in [-0.1, -0.05) is 135 Å². The Balaban J connectivity index is 2.53. The molecule has 0 aromatic carbocycles. The number of unbranched alkanes of at least 4 members (excludes halogenated alkanes) is 1. The molecule has 0 aromatic heterocycles. The Hall–Kier alpha value is -4.39. The van der Waals surface area contributed by atoms with E-state index in [9.17, 15) is 34.8 Å². The number of ether oxygens (including phenoxy) is 4. The van der Waals surface area contributed by atoms with E-state index in [2.05, 4.69) is 98.9 Å². The highest BCUT2D eigenvalue weighted by molar-refractivity contribution is 5.73. The Morgan fingerprint density at radius 2 is 0.983 bits per heavy atom.